The molecular weight excluding hydrogens is 228 g/mol. The fourth-order valence-electron chi connectivity index (χ4n) is 1.71. The van der Waals surface area contributed by atoms with E-state index in [0.29, 0.717) is 12.2 Å². The quantitative estimate of drug-likeness (QED) is 0.605. The summed E-state index contributed by atoms with van der Waals surface area (Å²) >= 11 is 0. The molecule has 0 atom stereocenters. The number of ether oxygens (including phenoxy) is 2. The number of carbonyl (C=O) groups excluding carboxylic acids is 1. The van der Waals surface area contributed by atoms with Crippen molar-refractivity contribution >= 4 is 11.5 Å². The first-order valence-electron chi connectivity index (χ1n) is 6.00. The highest BCUT2D eigenvalue weighted by Gasteiger charge is 2.13. The molecule has 0 heterocycles. The summed E-state index contributed by atoms with van der Waals surface area (Å²) in [6.45, 7) is 7.87. The SMILES string of the molecule is CCOC(=O)/C(C)=C(/C)c1cc(C)ccc1OC. The molecule has 98 valence electrons. The van der Waals surface area contributed by atoms with Gasteiger partial charge in [0.25, 0.3) is 0 Å². The molecule has 0 aliphatic heterocycles. The third-order valence-electron chi connectivity index (χ3n) is 2.90. The summed E-state index contributed by atoms with van der Waals surface area (Å²) in [5.74, 6) is 0.486. The van der Waals surface area contributed by atoms with Gasteiger partial charge in [-0.05, 0) is 45.4 Å². The lowest BCUT2D eigenvalue weighted by Gasteiger charge is -2.12. The van der Waals surface area contributed by atoms with Gasteiger partial charge in [-0.25, -0.2) is 4.79 Å². The Morgan fingerprint density at radius 1 is 1.28 bits per heavy atom. The first kappa shape index (κ1) is 14.3. The molecule has 0 saturated heterocycles. The summed E-state index contributed by atoms with van der Waals surface area (Å²) in [6.07, 6.45) is 0. The Bertz CT molecular complexity index is 473. The van der Waals surface area contributed by atoms with Gasteiger partial charge in [0.05, 0.1) is 13.7 Å². The molecule has 0 N–H and O–H groups in total. The van der Waals surface area contributed by atoms with Crippen molar-refractivity contribution in [3.63, 3.8) is 0 Å². The largest absolute Gasteiger partial charge is 0.496 e. The van der Waals surface area contributed by atoms with Crippen molar-refractivity contribution < 1.29 is 14.3 Å². The van der Waals surface area contributed by atoms with Crippen LogP contribution in [0.5, 0.6) is 5.75 Å². The standard InChI is InChI=1S/C15H20O3/c1-6-18-15(16)12(4)11(3)13-9-10(2)7-8-14(13)17-5/h7-9H,6H2,1-5H3/b12-11-. The van der Waals surface area contributed by atoms with Crippen LogP contribution in [0.15, 0.2) is 23.8 Å². The molecule has 1 aromatic carbocycles. The number of aryl methyl sites for hydroxylation is 1. The number of rotatable bonds is 4. The average Bonchev–Trinajstić information content (AvgIpc) is 2.37. The van der Waals surface area contributed by atoms with Crippen molar-refractivity contribution in [1.29, 1.82) is 0 Å². The van der Waals surface area contributed by atoms with Gasteiger partial charge in [0.2, 0.25) is 0 Å². The molecule has 0 radical (unpaired) electrons. The van der Waals surface area contributed by atoms with E-state index in [1.54, 1.807) is 21.0 Å². The van der Waals surface area contributed by atoms with Gasteiger partial charge in [-0.2, -0.15) is 0 Å². The fraction of sp³-hybridized carbons (Fsp3) is 0.400. The molecule has 1 aromatic rings. The van der Waals surface area contributed by atoms with Crippen LogP contribution in [0.1, 0.15) is 31.9 Å². The van der Waals surface area contributed by atoms with Crippen LogP contribution in [-0.2, 0) is 9.53 Å². The molecule has 3 nitrogen and oxygen atoms in total. The Kier molecular flexibility index (Phi) is 4.95. The number of hydrogen-bond donors (Lipinski definition) is 0. The lowest BCUT2D eigenvalue weighted by atomic mass is 9.99. The third kappa shape index (κ3) is 3.13. The second-order valence-corrected chi connectivity index (χ2v) is 4.17. The highest BCUT2D eigenvalue weighted by atomic mass is 16.5. The molecule has 0 aromatic heterocycles. The molecule has 18 heavy (non-hydrogen) atoms. The minimum atomic E-state index is -0.279. The third-order valence-corrected chi connectivity index (χ3v) is 2.90. The normalized spacial score (nSPS) is 11.8. The average molecular weight is 248 g/mol. The Balaban J connectivity index is 3.23. The van der Waals surface area contributed by atoms with E-state index in [1.807, 2.05) is 32.0 Å². The molecular formula is C15H20O3. The van der Waals surface area contributed by atoms with Gasteiger partial charge in [0, 0.05) is 11.1 Å². The Hall–Kier alpha value is -1.77. The van der Waals surface area contributed by atoms with Crippen LogP contribution in [0.25, 0.3) is 5.57 Å². The van der Waals surface area contributed by atoms with Crippen molar-refractivity contribution in [3.05, 3.63) is 34.9 Å². The van der Waals surface area contributed by atoms with Crippen molar-refractivity contribution in [2.24, 2.45) is 0 Å². The van der Waals surface area contributed by atoms with Crippen molar-refractivity contribution in [2.75, 3.05) is 13.7 Å². The van der Waals surface area contributed by atoms with Gasteiger partial charge in [0.15, 0.2) is 0 Å². The summed E-state index contributed by atoms with van der Waals surface area (Å²) in [4.78, 5) is 11.7. The van der Waals surface area contributed by atoms with Gasteiger partial charge in [-0.1, -0.05) is 11.6 Å². The van der Waals surface area contributed by atoms with E-state index in [0.717, 1.165) is 22.4 Å². The second kappa shape index (κ2) is 6.24. The highest BCUT2D eigenvalue weighted by Crippen LogP contribution is 2.29. The lowest BCUT2D eigenvalue weighted by Crippen LogP contribution is -2.07. The van der Waals surface area contributed by atoms with Gasteiger partial charge in [0.1, 0.15) is 5.75 Å². The molecule has 1 rings (SSSR count). The van der Waals surface area contributed by atoms with E-state index in [1.165, 1.54) is 0 Å². The maximum atomic E-state index is 11.7. The van der Waals surface area contributed by atoms with Crippen LogP contribution in [0.3, 0.4) is 0 Å². The molecule has 0 fully saturated rings. The topological polar surface area (TPSA) is 35.5 Å². The monoisotopic (exact) mass is 248 g/mol. The number of esters is 1. The van der Waals surface area contributed by atoms with Crippen molar-refractivity contribution in [2.45, 2.75) is 27.7 Å². The van der Waals surface area contributed by atoms with Crippen LogP contribution in [0, 0.1) is 6.92 Å². The fourth-order valence-corrected chi connectivity index (χ4v) is 1.71. The zero-order valence-electron chi connectivity index (χ0n) is 11.7. The molecule has 0 bridgehead atoms. The van der Waals surface area contributed by atoms with Crippen molar-refractivity contribution in [3.8, 4) is 5.75 Å². The number of allylic oxidation sites excluding steroid dienone is 1. The second-order valence-electron chi connectivity index (χ2n) is 4.17. The Morgan fingerprint density at radius 2 is 1.94 bits per heavy atom. The summed E-state index contributed by atoms with van der Waals surface area (Å²) < 4.78 is 10.3. The first-order chi connectivity index (χ1) is 8.51. The maximum absolute atomic E-state index is 11.7. The molecule has 0 aliphatic rings. The summed E-state index contributed by atoms with van der Waals surface area (Å²) in [5.41, 5.74) is 3.56. The predicted octanol–water partition coefficient (Wildman–Crippen LogP) is 3.36. The van der Waals surface area contributed by atoms with Crippen LogP contribution in [0.4, 0.5) is 0 Å². The van der Waals surface area contributed by atoms with E-state index in [2.05, 4.69) is 0 Å². The minimum Gasteiger partial charge on any atom is -0.496 e. The zero-order chi connectivity index (χ0) is 13.7. The molecule has 3 heteroatoms. The van der Waals surface area contributed by atoms with E-state index in [9.17, 15) is 4.79 Å². The molecule has 0 aliphatic carbocycles. The molecule has 0 spiro atoms. The van der Waals surface area contributed by atoms with E-state index in [-0.39, 0.29) is 5.97 Å². The van der Waals surface area contributed by atoms with Crippen LogP contribution >= 0.6 is 0 Å². The summed E-state index contributed by atoms with van der Waals surface area (Å²) in [6, 6.07) is 5.90. The maximum Gasteiger partial charge on any atom is 0.333 e. The van der Waals surface area contributed by atoms with Crippen molar-refractivity contribution in [1.82, 2.24) is 0 Å². The smallest absolute Gasteiger partial charge is 0.333 e. The van der Waals surface area contributed by atoms with Crippen LogP contribution in [0.2, 0.25) is 0 Å². The number of carbonyl (C=O) groups is 1. The zero-order valence-corrected chi connectivity index (χ0v) is 11.7. The summed E-state index contributed by atoms with van der Waals surface area (Å²) in [7, 11) is 1.63. The lowest BCUT2D eigenvalue weighted by molar-refractivity contribution is -0.138. The number of benzene rings is 1. The minimum absolute atomic E-state index is 0.279. The van der Waals surface area contributed by atoms with Crippen LogP contribution < -0.4 is 4.74 Å². The summed E-state index contributed by atoms with van der Waals surface area (Å²) in [5, 5.41) is 0. The van der Waals surface area contributed by atoms with Crippen LogP contribution in [-0.4, -0.2) is 19.7 Å². The highest BCUT2D eigenvalue weighted by molar-refractivity contribution is 5.97. The molecule has 0 amide bonds. The number of methoxy groups -OCH3 is 1. The van der Waals surface area contributed by atoms with E-state index in [4.69, 9.17) is 9.47 Å². The Morgan fingerprint density at radius 3 is 2.50 bits per heavy atom. The van der Waals surface area contributed by atoms with Gasteiger partial charge in [-0.3, -0.25) is 0 Å². The van der Waals surface area contributed by atoms with E-state index < -0.39 is 0 Å². The Labute approximate surface area is 108 Å². The molecule has 0 saturated carbocycles. The van der Waals surface area contributed by atoms with Gasteiger partial charge in [-0.15, -0.1) is 0 Å². The van der Waals surface area contributed by atoms with Gasteiger partial charge < -0.3 is 9.47 Å². The predicted molar refractivity (Wildman–Crippen MR) is 72.6 cm³/mol. The number of hydrogen-bond acceptors (Lipinski definition) is 3. The first-order valence-corrected chi connectivity index (χ1v) is 6.00. The van der Waals surface area contributed by atoms with Gasteiger partial charge >= 0.3 is 5.97 Å². The van der Waals surface area contributed by atoms with E-state index >= 15 is 0 Å². The molecule has 0 unspecified atom stereocenters.